The Hall–Kier alpha value is -1.71. The maximum Gasteiger partial charge on any atom is 0.319 e. The molecule has 0 saturated heterocycles. The molecule has 0 aliphatic carbocycles. The number of amides is 2. The highest BCUT2D eigenvalue weighted by atomic mass is 35.5. The van der Waals surface area contributed by atoms with Gasteiger partial charge in [-0.25, -0.2) is 4.79 Å². The van der Waals surface area contributed by atoms with Crippen LogP contribution >= 0.6 is 23.2 Å². The number of carbonyl (C=O) groups excluding carboxylic acids is 1. The van der Waals surface area contributed by atoms with E-state index in [9.17, 15) is 4.79 Å². The van der Waals surface area contributed by atoms with Crippen LogP contribution in [0.2, 0.25) is 10.0 Å². The summed E-state index contributed by atoms with van der Waals surface area (Å²) in [6, 6.07) is 14.2. The Morgan fingerprint density at radius 3 is 2.38 bits per heavy atom. The van der Waals surface area contributed by atoms with Crippen LogP contribution in [0.25, 0.3) is 0 Å². The number of benzene rings is 2. The van der Waals surface area contributed by atoms with Crippen molar-refractivity contribution in [3.8, 4) is 0 Å². The van der Waals surface area contributed by atoms with Gasteiger partial charge in [-0.1, -0.05) is 54.4 Å². The second kappa shape index (κ2) is 7.34. The van der Waals surface area contributed by atoms with Gasteiger partial charge in [0, 0.05) is 5.02 Å². The number of para-hydroxylation sites is 1. The number of rotatable bonds is 4. The second-order valence-electron chi connectivity index (χ2n) is 4.59. The molecule has 1 atom stereocenters. The van der Waals surface area contributed by atoms with Crippen molar-refractivity contribution in [3.63, 3.8) is 0 Å². The Morgan fingerprint density at radius 1 is 1.10 bits per heavy atom. The van der Waals surface area contributed by atoms with Crippen LogP contribution in [0, 0.1) is 0 Å². The minimum Gasteiger partial charge on any atom is -0.331 e. The van der Waals surface area contributed by atoms with E-state index in [1.54, 1.807) is 12.1 Å². The molecular formula is C16H16Cl2N2O. The molecule has 2 aromatic rings. The Balaban J connectivity index is 2.03. The molecule has 2 amide bonds. The molecule has 5 heteroatoms. The van der Waals surface area contributed by atoms with Crippen molar-refractivity contribution in [2.24, 2.45) is 0 Å². The molecular weight excluding hydrogens is 307 g/mol. The topological polar surface area (TPSA) is 41.1 Å². The molecule has 0 saturated carbocycles. The van der Waals surface area contributed by atoms with Gasteiger partial charge >= 0.3 is 6.03 Å². The highest BCUT2D eigenvalue weighted by Gasteiger charge is 2.13. The Bertz CT molecular complexity index is 614. The smallest absolute Gasteiger partial charge is 0.319 e. The molecule has 21 heavy (non-hydrogen) atoms. The SMILES string of the molecule is CC[C@@H](NC(=O)Nc1ccccc1Cl)c1ccc(Cl)cc1. The molecule has 0 spiro atoms. The zero-order chi connectivity index (χ0) is 15.2. The summed E-state index contributed by atoms with van der Waals surface area (Å²) in [6.45, 7) is 2.01. The maximum atomic E-state index is 12.1. The van der Waals surface area contributed by atoms with Gasteiger partial charge in [-0.05, 0) is 36.2 Å². The van der Waals surface area contributed by atoms with Crippen molar-refractivity contribution < 1.29 is 4.79 Å². The lowest BCUT2D eigenvalue weighted by atomic mass is 10.1. The number of hydrogen-bond donors (Lipinski definition) is 2. The first-order chi connectivity index (χ1) is 10.1. The Kier molecular flexibility index (Phi) is 5.48. The average Bonchev–Trinajstić information content (AvgIpc) is 2.48. The molecule has 0 unspecified atom stereocenters. The highest BCUT2D eigenvalue weighted by molar-refractivity contribution is 6.33. The molecule has 0 aliphatic rings. The zero-order valence-electron chi connectivity index (χ0n) is 11.6. The van der Waals surface area contributed by atoms with Crippen LogP contribution in [0.1, 0.15) is 24.9 Å². The molecule has 3 nitrogen and oxygen atoms in total. The summed E-state index contributed by atoms with van der Waals surface area (Å²) in [5, 5.41) is 6.86. The van der Waals surface area contributed by atoms with Crippen LogP contribution in [0.5, 0.6) is 0 Å². The zero-order valence-corrected chi connectivity index (χ0v) is 13.1. The van der Waals surface area contributed by atoms with Gasteiger partial charge in [0.05, 0.1) is 16.8 Å². The predicted octanol–water partition coefficient (Wildman–Crippen LogP) is 5.27. The van der Waals surface area contributed by atoms with Gasteiger partial charge in [-0.2, -0.15) is 0 Å². The lowest BCUT2D eigenvalue weighted by Gasteiger charge is -2.18. The number of hydrogen-bond acceptors (Lipinski definition) is 1. The maximum absolute atomic E-state index is 12.1. The minimum absolute atomic E-state index is 0.0789. The van der Waals surface area contributed by atoms with Crippen molar-refractivity contribution in [1.82, 2.24) is 5.32 Å². The van der Waals surface area contributed by atoms with E-state index in [-0.39, 0.29) is 12.1 Å². The molecule has 0 radical (unpaired) electrons. The third kappa shape index (κ3) is 4.38. The van der Waals surface area contributed by atoms with Crippen molar-refractivity contribution in [2.75, 3.05) is 5.32 Å². The third-order valence-corrected chi connectivity index (χ3v) is 3.69. The van der Waals surface area contributed by atoms with Gasteiger partial charge < -0.3 is 10.6 Å². The first kappa shape index (κ1) is 15.7. The van der Waals surface area contributed by atoms with Gasteiger partial charge in [-0.3, -0.25) is 0 Å². The molecule has 0 aromatic heterocycles. The van der Waals surface area contributed by atoms with Crippen molar-refractivity contribution in [2.45, 2.75) is 19.4 Å². The van der Waals surface area contributed by atoms with Crippen LogP contribution in [0.3, 0.4) is 0 Å². The minimum atomic E-state index is -0.287. The quantitative estimate of drug-likeness (QED) is 0.791. The van der Waals surface area contributed by atoms with Gasteiger partial charge in [0.1, 0.15) is 0 Å². The summed E-state index contributed by atoms with van der Waals surface area (Å²) in [4.78, 5) is 12.1. The third-order valence-electron chi connectivity index (χ3n) is 3.11. The molecule has 2 N–H and O–H groups in total. The normalized spacial score (nSPS) is 11.8. The molecule has 2 rings (SSSR count). The molecule has 0 aliphatic heterocycles. The molecule has 2 aromatic carbocycles. The summed E-state index contributed by atoms with van der Waals surface area (Å²) < 4.78 is 0. The van der Waals surface area contributed by atoms with Crippen LogP contribution in [-0.2, 0) is 0 Å². The summed E-state index contributed by atoms with van der Waals surface area (Å²) in [5.41, 5.74) is 1.60. The van der Waals surface area contributed by atoms with E-state index in [0.29, 0.717) is 15.7 Å². The van der Waals surface area contributed by atoms with Gasteiger partial charge in [0.25, 0.3) is 0 Å². The van der Waals surface area contributed by atoms with E-state index in [4.69, 9.17) is 23.2 Å². The van der Waals surface area contributed by atoms with Crippen LogP contribution in [0.15, 0.2) is 48.5 Å². The summed E-state index contributed by atoms with van der Waals surface area (Å²) in [6.07, 6.45) is 0.775. The molecule has 0 fully saturated rings. The fraction of sp³-hybridized carbons (Fsp3) is 0.188. The van der Waals surface area contributed by atoms with E-state index in [2.05, 4.69) is 10.6 Å². The Labute approximate surface area is 134 Å². The fourth-order valence-electron chi connectivity index (χ4n) is 2.00. The largest absolute Gasteiger partial charge is 0.331 e. The highest BCUT2D eigenvalue weighted by Crippen LogP contribution is 2.22. The number of anilines is 1. The van der Waals surface area contributed by atoms with Crippen molar-refractivity contribution in [3.05, 3.63) is 64.1 Å². The lowest BCUT2D eigenvalue weighted by molar-refractivity contribution is 0.248. The predicted molar refractivity (Wildman–Crippen MR) is 88.1 cm³/mol. The first-order valence-corrected chi connectivity index (χ1v) is 7.43. The second-order valence-corrected chi connectivity index (χ2v) is 5.43. The van der Waals surface area contributed by atoms with E-state index in [1.165, 1.54) is 0 Å². The van der Waals surface area contributed by atoms with E-state index in [1.807, 2.05) is 43.3 Å². The van der Waals surface area contributed by atoms with Crippen LogP contribution in [-0.4, -0.2) is 6.03 Å². The monoisotopic (exact) mass is 322 g/mol. The molecule has 0 bridgehead atoms. The summed E-state index contributed by atoms with van der Waals surface area (Å²) >= 11 is 11.9. The Morgan fingerprint density at radius 2 is 1.76 bits per heavy atom. The van der Waals surface area contributed by atoms with E-state index >= 15 is 0 Å². The molecule has 0 heterocycles. The van der Waals surface area contributed by atoms with Crippen LogP contribution < -0.4 is 10.6 Å². The van der Waals surface area contributed by atoms with Gasteiger partial charge in [-0.15, -0.1) is 0 Å². The van der Waals surface area contributed by atoms with Gasteiger partial charge in [0.15, 0.2) is 0 Å². The van der Waals surface area contributed by atoms with Crippen molar-refractivity contribution >= 4 is 34.9 Å². The summed E-state index contributed by atoms with van der Waals surface area (Å²) in [7, 11) is 0. The van der Waals surface area contributed by atoms with Gasteiger partial charge in [0.2, 0.25) is 0 Å². The number of nitrogens with one attached hydrogen (secondary N) is 2. The van der Waals surface area contributed by atoms with Crippen molar-refractivity contribution in [1.29, 1.82) is 0 Å². The number of urea groups is 1. The van der Waals surface area contributed by atoms with E-state index < -0.39 is 0 Å². The number of carbonyl (C=O) groups is 1. The van der Waals surface area contributed by atoms with Crippen LogP contribution in [0.4, 0.5) is 10.5 Å². The summed E-state index contributed by atoms with van der Waals surface area (Å²) in [5.74, 6) is 0. The number of halogens is 2. The molecule has 110 valence electrons. The van der Waals surface area contributed by atoms with E-state index in [0.717, 1.165) is 12.0 Å². The fourth-order valence-corrected chi connectivity index (χ4v) is 2.30. The first-order valence-electron chi connectivity index (χ1n) is 6.67. The average molecular weight is 323 g/mol. The lowest BCUT2D eigenvalue weighted by Crippen LogP contribution is -2.32. The standard InChI is InChI=1S/C16H16Cl2N2O/c1-2-14(11-7-9-12(17)10-8-11)19-16(21)20-15-6-4-3-5-13(15)18/h3-10,14H,2H2,1H3,(H2,19,20,21)/t14-/m1/s1.